The van der Waals surface area contributed by atoms with Crippen molar-refractivity contribution in [3.63, 3.8) is 0 Å². The topological polar surface area (TPSA) is 85.4 Å². The molecule has 1 N–H and O–H groups in total. The summed E-state index contributed by atoms with van der Waals surface area (Å²) in [5.41, 5.74) is 0.798. The highest BCUT2D eigenvalue weighted by atomic mass is 16.7. The molecule has 1 aromatic carbocycles. The van der Waals surface area contributed by atoms with Crippen LogP contribution in [0.2, 0.25) is 0 Å². The monoisotopic (exact) mass is 266 g/mol. The van der Waals surface area contributed by atoms with Gasteiger partial charge in [0, 0.05) is 0 Å². The Kier molecular flexibility index (Phi) is 3.82. The molecular weight excluding hydrogens is 252 g/mol. The number of carbonyl (C=O) groups is 2. The standard InChI is InChI=1S/C13H14O6/c1-7(14)12(15)19-13(16)11-10(18-11)8-3-5-9(17-2)6-4-8/h3-7,10-11,14H,1-2H3. The Morgan fingerprint density at radius 1 is 1.32 bits per heavy atom. The van der Waals surface area contributed by atoms with Gasteiger partial charge in [0.1, 0.15) is 18.0 Å². The van der Waals surface area contributed by atoms with E-state index in [4.69, 9.17) is 14.6 Å². The Hall–Kier alpha value is -1.92. The summed E-state index contributed by atoms with van der Waals surface area (Å²) < 4.78 is 14.6. The molecule has 1 saturated heterocycles. The highest BCUT2D eigenvalue weighted by molar-refractivity contribution is 5.91. The second-order valence-corrected chi connectivity index (χ2v) is 4.17. The van der Waals surface area contributed by atoms with Crippen LogP contribution < -0.4 is 4.74 Å². The number of aliphatic hydroxyl groups excluding tert-OH is 1. The Labute approximate surface area is 109 Å². The van der Waals surface area contributed by atoms with Crippen LogP contribution >= 0.6 is 0 Å². The molecule has 0 radical (unpaired) electrons. The van der Waals surface area contributed by atoms with Crippen LogP contribution in [0, 0.1) is 0 Å². The number of hydrogen-bond acceptors (Lipinski definition) is 6. The summed E-state index contributed by atoms with van der Waals surface area (Å²) in [5, 5.41) is 8.93. The molecule has 1 aromatic rings. The number of epoxide rings is 1. The molecule has 1 fully saturated rings. The number of esters is 2. The third-order valence-corrected chi connectivity index (χ3v) is 2.71. The molecule has 1 aliphatic rings. The van der Waals surface area contributed by atoms with Crippen molar-refractivity contribution in [3.8, 4) is 5.75 Å². The third-order valence-electron chi connectivity index (χ3n) is 2.71. The molecule has 0 spiro atoms. The normalized spacial score (nSPS) is 22.5. The second-order valence-electron chi connectivity index (χ2n) is 4.17. The summed E-state index contributed by atoms with van der Waals surface area (Å²) in [6.07, 6.45) is -2.54. The van der Waals surface area contributed by atoms with E-state index < -0.39 is 30.3 Å². The van der Waals surface area contributed by atoms with Crippen LogP contribution in [-0.4, -0.2) is 36.4 Å². The Bertz CT molecular complexity index is 478. The largest absolute Gasteiger partial charge is 0.497 e. The lowest BCUT2D eigenvalue weighted by Gasteiger charge is -2.03. The summed E-state index contributed by atoms with van der Waals surface area (Å²) in [7, 11) is 1.56. The van der Waals surface area contributed by atoms with Gasteiger partial charge in [0.25, 0.3) is 0 Å². The van der Waals surface area contributed by atoms with E-state index in [2.05, 4.69) is 4.74 Å². The molecular formula is C13H14O6. The van der Waals surface area contributed by atoms with Crippen LogP contribution in [0.5, 0.6) is 5.75 Å². The van der Waals surface area contributed by atoms with Gasteiger partial charge in [0.05, 0.1) is 7.11 Å². The van der Waals surface area contributed by atoms with E-state index in [9.17, 15) is 9.59 Å². The van der Waals surface area contributed by atoms with E-state index in [0.717, 1.165) is 5.56 Å². The quantitative estimate of drug-likeness (QED) is 0.487. The SMILES string of the molecule is COc1ccc(C2OC2C(=O)OC(=O)C(C)O)cc1. The summed E-state index contributed by atoms with van der Waals surface area (Å²) in [6.45, 7) is 1.23. The van der Waals surface area contributed by atoms with Gasteiger partial charge in [-0.05, 0) is 24.6 Å². The van der Waals surface area contributed by atoms with E-state index in [1.54, 1.807) is 31.4 Å². The number of aliphatic hydroxyl groups is 1. The maximum atomic E-state index is 11.5. The average Bonchev–Trinajstić information content (AvgIpc) is 3.19. The van der Waals surface area contributed by atoms with Crippen molar-refractivity contribution in [2.45, 2.75) is 25.2 Å². The number of rotatable bonds is 4. The molecule has 3 unspecified atom stereocenters. The molecule has 0 aromatic heterocycles. The van der Waals surface area contributed by atoms with Gasteiger partial charge in [-0.1, -0.05) is 12.1 Å². The Balaban J connectivity index is 1.92. The minimum Gasteiger partial charge on any atom is -0.497 e. The zero-order chi connectivity index (χ0) is 14.0. The molecule has 0 aliphatic carbocycles. The lowest BCUT2D eigenvalue weighted by molar-refractivity contribution is -0.166. The Morgan fingerprint density at radius 3 is 2.47 bits per heavy atom. The van der Waals surface area contributed by atoms with E-state index in [0.29, 0.717) is 5.75 Å². The lowest BCUT2D eigenvalue weighted by atomic mass is 10.1. The van der Waals surface area contributed by atoms with E-state index >= 15 is 0 Å². The summed E-state index contributed by atoms with van der Waals surface area (Å²) in [6, 6.07) is 7.04. The molecule has 6 nitrogen and oxygen atoms in total. The first-order chi connectivity index (χ1) is 9.02. The fraction of sp³-hybridized carbons (Fsp3) is 0.385. The predicted octanol–water partition coefficient (Wildman–Crippen LogP) is 0.586. The zero-order valence-corrected chi connectivity index (χ0v) is 10.5. The van der Waals surface area contributed by atoms with Gasteiger partial charge >= 0.3 is 11.9 Å². The molecule has 19 heavy (non-hydrogen) atoms. The maximum Gasteiger partial charge on any atom is 0.346 e. The van der Waals surface area contributed by atoms with Crippen LogP contribution in [0.3, 0.4) is 0 Å². The predicted molar refractivity (Wildman–Crippen MR) is 63.4 cm³/mol. The molecule has 1 aliphatic heterocycles. The van der Waals surface area contributed by atoms with Crippen LogP contribution in [0.4, 0.5) is 0 Å². The van der Waals surface area contributed by atoms with Crippen molar-refractivity contribution in [3.05, 3.63) is 29.8 Å². The minimum absolute atomic E-state index is 0.416. The molecule has 102 valence electrons. The second kappa shape index (κ2) is 5.38. The van der Waals surface area contributed by atoms with Crippen LogP contribution in [0.1, 0.15) is 18.6 Å². The summed E-state index contributed by atoms with van der Waals surface area (Å²) in [5.74, 6) is -1.06. The van der Waals surface area contributed by atoms with Crippen molar-refractivity contribution in [1.29, 1.82) is 0 Å². The van der Waals surface area contributed by atoms with E-state index in [-0.39, 0.29) is 0 Å². The molecule has 3 atom stereocenters. The van der Waals surface area contributed by atoms with Crippen molar-refractivity contribution in [2.75, 3.05) is 7.11 Å². The van der Waals surface area contributed by atoms with E-state index in [1.165, 1.54) is 6.92 Å². The first-order valence-corrected chi connectivity index (χ1v) is 5.76. The lowest BCUT2D eigenvalue weighted by Crippen LogP contribution is -2.25. The molecule has 2 rings (SSSR count). The first-order valence-electron chi connectivity index (χ1n) is 5.76. The highest BCUT2D eigenvalue weighted by Gasteiger charge is 2.48. The number of carbonyl (C=O) groups excluding carboxylic acids is 2. The number of methoxy groups -OCH3 is 1. The van der Waals surface area contributed by atoms with Crippen LogP contribution in [-0.2, 0) is 19.1 Å². The smallest absolute Gasteiger partial charge is 0.346 e. The number of hydrogen-bond donors (Lipinski definition) is 1. The first kappa shape index (κ1) is 13.5. The molecule has 1 heterocycles. The van der Waals surface area contributed by atoms with Gasteiger partial charge < -0.3 is 19.3 Å². The van der Waals surface area contributed by atoms with Gasteiger partial charge in [0.2, 0.25) is 0 Å². The van der Waals surface area contributed by atoms with Crippen molar-refractivity contribution < 1.29 is 28.9 Å². The number of benzene rings is 1. The van der Waals surface area contributed by atoms with Crippen molar-refractivity contribution in [1.82, 2.24) is 0 Å². The Morgan fingerprint density at radius 2 is 1.95 bits per heavy atom. The van der Waals surface area contributed by atoms with Gasteiger partial charge in [-0.15, -0.1) is 0 Å². The third kappa shape index (κ3) is 3.10. The zero-order valence-electron chi connectivity index (χ0n) is 10.5. The fourth-order valence-electron chi connectivity index (χ4n) is 1.58. The van der Waals surface area contributed by atoms with Crippen molar-refractivity contribution in [2.24, 2.45) is 0 Å². The van der Waals surface area contributed by atoms with Crippen LogP contribution in [0.15, 0.2) is 24.3 Å². The summed E-state index contributed by atoms with van der Waals surface area (Å²) in [4.78, 5) is 22.6. The number of ether oxygens (including phenoxy) is 3. The molecule has 0 bridgehead atoms. The molecule has 6 heteroatoms. The van der Waals surface area contributed by atoms with Gasteiger partial charge in [-0.3, -0.25) is 0 Å². The fourth-order valence-corrected chi connectivity index (χ4v) is 1.58. The van der Waals surface area contributed by atoms with Gasteiger partial charge in [-0.2, -0.15) is 0 Å². The highest BCUT2D eigenvalue weighted by Crippen LogP contribution is 2.39. The maximum absolute atomic E-state index is 11.5. The van der Waals surface area contributed by atoms with Crippen LogP contribution in [0.25, 0.3) is 0 Å². The summed E-state index contributed by atoms with van der Waals surface area (Å²) >= 11 is 0. The van der Waals surface area contributed by atoms with Crippen molar-refractivity contribution >= 4 is 11.9 Å². The molecule has 0 amide bonds. The molecule has 0 saturated carbocycles. The van der Waals surface area contributed by atoms with Gasteiger partial charge in [-0.25, -0.2) is 9.59 Å². The van der Waals surface area contributed by atoms with E-state index in [1.807, 2.05) is 0 Å². The van der Waals surface area contributed by atoms with Gasteiger partial charge in [0.15, 0.2) is 6.10 Å². The minimum atomic E-state index is -1.33. The average molecular weight is 266 g/mol.